The van der Waals surface area contributed by atoms with Crippen molar-refractivity contribution in [1.82, 2.24) is 15.1 Å². The number of rotatable bonds is 7. The van der Waals surface area contributed by atoms with E-state index >= 15 is 0 Å². The monoisotopic (exact) mass is 311 g/mol. The topological polar surface area (TPSA) is 29.9 Å². The third kappa shape index (κ3) is 4.23. The van der Waals surface area contributed by atoms with Crippen molar-refractivity contribution >= 4 is 11.6 Å². The lowest BCUT2D eigenvalue weighted by atomic mass is 9.84. The molecule has 1 unspecified atom stereocenters. The predicted molar refractivity (Wildman–Crippen MR) is 90.0 cm³/mol. The van der Waals surface area contributed by atoms with Crippen molar-refractivity contribution in [1.29, 1.82) is 0 Å². The molecule has 4 heteroatoms. The normalized spacial score (nSPS) is 18.1. The standard InChI is InChI=1S/C17H30ClN3/c1-4-15-17(18)16(21(5-2)20-15)12-14(19-3)11-13-9-7-6-8-10-13/h13-14,19H,4-12H2,1-3H3. The van der Waals surface area contributed by atoms with Crippen LogP contribution in [0.1, 0.15) is 63.8 Å². The van der Waals surface area contributed by atoms with Gasteiger partial charge in [-0.1, -0.05) is 50.6 Å². The van der Waals surface area contributed by atoms with Crippen LogP contribution in [0, 0.1) is 5.92 Å². The van der Waals surface area contributed by atoms with E-state index in [1.54, 1.807) is 0 Å². The number of halogens is 1. The molecule has 1 aliphatic carbocycles. The molecule has 1 heterocycles. The molecule has 0 bridgehead atoms. The summed E-state index contributed by atoms with van der Waals surface area (Å²) in [6, 6.07) is 0.511. The van der Waals surface area contributed by atoms with Crippen LogP contribution in [0.15, 0.2) is 0 Å². The molecule has 0 saturated heterocycles. The van der Waals surface area contributed by atoms with Crippen LogP contribution in [0.2, 0.25) is 5.02 Å². The number of nitrogens with zero attached hydrogens (tertiary/aromatic N) is 2. The maximum absolute atomic E-state index is 6.54. The average molecular weight is 312 g/mol. The van der Waals surface area contributed by atoms with Gasteiger partial charge in [-0.05, 0) is 32.7 Å². The molecular formula is C17H30ClN3. The van der Waals surface area contributed by atoms with E-state index in [1.165, 1.54) is 44.2 Å². The molecule has 1 N–H and O–H groups in total. The van der Waals surface area contributed by atoms with Crippen molar-refractivity contribution in [3.63, 3.8) is 0 Å². The number of aryl methyl sites for hydroxylation is 2. The van der Waals surface area contributed by atoms with Crippen LogP contribution >= 0.6 is 11.6 Å². The molecule has 1 atom stereocenters. The van der Waals surface area contributed by atoms with Crippen molar-refractivity contribution < 1.29 is 0 Å². The van der Waals surface area contributed by atoms with Gasteiger partial charge in [0.2, 0.25) is 0 Å². The second-order valence-corrected chi connectivity index (χ2v) is 6.68. The summed E-state index contributed by atoms with van der Waals surface area (Å²) < 4.78 is 2.09. The van der Waals surface area contributed by atoms with E-state index in [-0.39, 0.29) is 0 Å². The Morgan fingerprint density at radius 1 is 1.29 bits per heavy atom. The van der Waals surface area contributed by atoms with E-state index in [0.29, 0.717) is 6.04 Å². The van der Waals surface area contributed by atoms with Crippen molar-refractivity contribution in [2.45, 2.75) is 77.8 Å². The lowest BCUT2D eigenvalue weighted by molar-refractivity contribution is 0.301. The van der Waals surface area contributed by atoms with Crippen molar-refractivity contribution in [2.24, 2.45) is 5.92 Å². The first-order valence-electron chi connectivity index (χ1n) is 8.60. The zero-order valence-electron chi connectivity index (χ0n) is 13.8. The number of aromatic nitrogens is 2. The molecule has 1 aromatic heterocycles. The van der Waals surface area contributed by atoms with E-state index in [9.17, 15) is 0 Å². The molecule has 1 aliphatic rings. The molecule has 0 aliphatic heterocycles. The molecule has 1 fully saturated rings. The highest BCUT2D eigenvalue weighted by Crippen LogP contribution is 2.29. The lowest BCUT2D eigenvalue weighted by Crippen LogP contribution is -2.31. The Hall–Kier alpha value is -0.540. The fourth-order valence-corrected chi connectivity index (χ4v) is 3.92. The minimum absolute atomic E-state index is 0.511. The van der Waals surface area contributed by atoms with Crippen LogP contribution in [0.25, 0.3) is 0 Å². The molecule has 3 nitrogen and oxygen atoms in total. The maximum atomic E-state index is 6.54. The van der Waals surface area contributed by atoms with Gasteiger partial charge >= 0.3 is 0 Å². The summed E-state index contributed by atoms with van der Waals surface area (Å²) >= 11 is 6.54. The Morgan fingerprint density at radius 2 is 2.00 bits per heavy atom. The average Bonchev–Trinajstić information content (AvgIpc) is 2.83. The Labute approximate surface area is 134 Å². The van der Waals surface area contributed by atoms with Gasteiger partial charge in [-0.25, -0.2) is 0 Å². The summed E-state index contributed by atoms with van der Waals surface area (Å²) in [5.41, 5.74) is 2.26. The predicted octanol–water partition coefficient (Wildman–Crippen LogP) is 4.22. The second-order valence-electron chi connectivity index (χ2n) is 6.31. The van der Waals surface area contributed by atoms with Gasteiger partial charge in [-0.3, -0.25) is 4.68 Å². The zero-order chi connectivity index (χ0) is 15.2. The van der Waals surface area contributed by atoms with Gasteiger partial charge in [0, 0.05) is 19.0 Å². The molecule has 120 valence electrons. The summed E-state index contributed by atoms with van der Waals surface area (Å²) in [6.07, 6.45) is 10.2. The van der Waals surface area contributed by atoms with Crippen LogP contribution in [0.3, 0.4) is 0 Å². The quantitative estimate of drug-likeness (QED) is 0.817. The maximum Gasteiger partial charge on any atom is 0.0850 e. The smallest absolute Gasteiger partial charge is 0.0850 e. The Bertz CT molecular complexity index is 435. The first-order valence-corrected chi connectivity index (χ1v) is 8.98. The fourth-order valence-electron chi connectivity index (χ4n) is 3.57. The second kappa shape index (κ2) is 8.19. The van der Waals surface area contributed by atoms with E-state index in [4.69, 9.17) is 11.6 Å². The van der Waals surface area contributed by atoms with Crippen molar-refractivity contribution in [2.75, 3.05) is 7.05 Å². The van der Waals surface area contributed by atoms with Gasteiger partial charge in [0.1, 0.15) is 0 Å². The van der Waals surface area contributed by atoms with Crippen LogP contribution < -0.4 is 5.32 Å². The van der Waals surface area contributed by atoms with E-state index in [0.717, 1.165) is 36.0 Å². The van der Waals surface area contributed by atoms with Crippen LogP contribution in [0.4, 0.5) is 0 Å². The summed E-state index contributed by atoms with van der Waals surface area (Å²) in [4.78, 5) is 0. The SMILES string of the molecule is CCc1nn(CC)c(CC(CC2CCCCC2)NC)c1Cl. The number of hydrogen-bond acceptors (Lipinski definition) is 2. The third-order valence-corrected chi connectivity index (χ3v) is 5.32. The first kappa shape index (κ1) is 16.8. The number of likely N-dealkylation sites (N-methyl/N-ethyl adjacent to an activating group) is 1. The number of nitrogens with one attached hydrogen (secondary N) is 1. The summed E-state index contributed by atoms with van der Waals surface area (Å²) in [5, 5.41) is 9.03. The van der Waals surface area contributed by atoms with Gasteiger partial charge < -0.3 is 5.32 Å². The Morgan fingerprint density at radius 3 is 2.57 bits per heavy atom. The van der Waals surface area contributed by atoms with E-state index in [1.807, 2.05) is 0 Å². The van der Waals surface area contributed by atoms with Gasteiger partial charge in [-0.2, -0.15) is 5.10 Å². The summed E-state index contributed by atoms with van der Waals surface area (Å²) in [7, 11) is 2.08. The molecule has 1 aromatic rings. The molecule has 0 amide bonds. The minimum Gasteiger partial charge on any atom is -0.317 e. The third-order valence-electron chi connectivity index (χ3n) is 4.88. The van der Waals surface area contributed by atoms with Gasteiger partial charge in [0.25, 0.3) is 0 Å². The lowest BCUT2D eigenvalue weighted by Gasteiger charge is -2.26. The Kier molecular flexibility index (Phi) is 6.56. The van der Waals surface area contributed by atoms with Crippen LogP contribution in [-0.4, -0.2) is 22.9 Å². The molecular weight excluding hydrogens is 282 g/mol. The minimum atomic E-state index is 0.511. The van der Waals surface area contributed by atoms with Gasteiger partial charge in [0.05, 0.1) is 16.4 Å². The van der Waals surface area contributed by atoms with E-state index < -0.39 is 0 Å². The van der Waals surface area contributed by atoms with E-state index in [2.05, 4.69) is 36.0 Å². The van der Waals surface area contributed by atoms with Crippen LogP contribution in [-0.2, 0) is 19.4 Å². The molecule has 2 rings (SSSR count). The Balaban J connectivity index is 2.05. The van der Waals surface area contributed by atoms with Crippen molar-refractivity contribution in [3.05, 3.63) is 16.4 Å². The highest BCUT2D eigenvalue weighted by Gasteiger charge is 2.22. The zero-order valence-corrected chi connectivity index (χ0v) is 14.5. The highest BCUT2D eigenvalue weighted by atomic mass is 35.5. The van der Waals surface area contributed by atoms with Crippen molar-refractivity contribution in [3.8, 4) is 0 Å². The van der Waals surface area contributed by atoms with Crippen LogP contribution in [0.5, 0.6) is 0 Å². The van der Waals surface area contributed by atoms with Gasteiger partial charge in [0.15, 0.2) is 0 Å². The molecule has 21 heavy (non-hydrogen) atoms. The summed E-state index contributed by atoms with van der Waals surface area (Å²) in [5.74, 6) is 0.888. The van der Waals surface area contributed by atoms with Gasteiger partial charge in [-0.15, -0.1) is 0 Å². The molecule has 0 spiro atoms. The molecule has 0 radical (unpaired) electrons. The first-order chi connectivity index (χ1) is 10.2. The molecule has 1 saturated carbocycles. The highest BCUT2D eigenvalue weighted by molar-refractivity contribution is 6.31. The molecule has 0 aromatic carbocycles. The summed E-state index contributed by atoms with van der Waals surface area (Å²) in [6.45, 7) is 5.16. The largest absolute Gasteiger partial charge is 0.317 e. The fraction of sp³-hybridized carbons (Fsp3) is 0.824. The number of hydrogen-bond donors (Lipinski definition) is 1.